The highest BCUT2D eigenvalue weighted by molar-refractivity contribution is 5.89. The molecule has 0 aliphatic rings. The number of anilines is 1. The third-order valence-electron chi connectivity index (χ3n) is 4.69. The minimum atomic E-state index is -0.420. The first-order chi connectivity index (χ1) is 15.5. The van der Waals surface area contributed by atoms with E-state index in [0.717, 1.165) is 16.9 Å². The topological polar surface area (TPSA) is 114 Å². The SMILES string of the molecule is COc1ccc(CNC(=O)Nc2cc(-c3ccccc3)nn2-c2nc(C)cc(=O)[nH]2)cc1. The van der Waals surface area contributed by atoms with Gasteiger partial charge in [0.1, 0.15) is 11.6 Å². The maximum atomic E-state index is 12.6. The first-order valence-electron chi connectivity index (χ1n) is 9.93. The predicted octanol–water partition coefficient (Wildman–Crippen LogP) is 3.26. The molecular weight excluding hydrogens is 408 g/mol. The van der Waals surface area contributed by atoms with Crippen LogP contribution in [0.15, 0.2) is 71.5 Å². The predicted molar refractivity (Wildman–Crippen MR) is 121 cm³/mol. The van der Waals surface area contributed by atoms with Crippen molar-refractivity contribution < 1.29 is 9.53 Å². The Morgan fingerprint density at radius 3 is 2.53 bits per heavy atom. The molecule has 9 heteroatoms. The molecule has 0 saturated heterocycles. The number of rotatable bonds is 6. The lowest BCUT2D eigenvalue weighted by molar-refractivity contribution is 0.251. The lowest BCUT2D eigenvalue weighted by Gasteiger charge is -2.10. The molecule has 4 aromatic rings. The third kappa shape index (κ3) is 4.84. The smallest absolute Gasteiger partial charge is 0.320 e. The van der Waals surface area contributed by atoms with Gasteiger partial charge in [-0.3, -0.25) is 15.1 Å². The second-order valence-electron chi connectivity index (χ2n) is 7.06. The highest BCUT2D eigenvalue weighted by Crippen LogP contribution is 2.23. The van der Waals surface area contributed by atoms with Crippen LogP contribution in [0, 0.1) is 6.92 Å². The summed E-state index contributed by atoms with van der Waals surface area (Å²) in [7, 11) is 1.60. The molecule has 32 heavy (non-hydrogen) atoms. The van der Waals surface area contributed by atoms with E-state index in [-0.39, 0.29) is 11.5 Å². The van der Waals surface area contributed by atoms with E-state index in [1.807, 2.05) is 54.6 Å². The Bertz CT molecular complexity index is 1280. The normalized spacial score (nSPS) is 10.6. The zero-order valence-corrected chi connectivity index (χ0v) is 17.6. The van der Waals surface area contributed by atoms with E-state index in [1.54, 1.807) is 20.1 Å². The largest absolute Gasteiger partial charge is 0.497 e. The minimum Gasteiger partial charge on any atom is -0.497 e. The van der Waals surface area contributed by atoms with Gasteiger partial charge in [0.2, 0.25) is 5.95 Å². The van der Waals surface area contributed by atoms with Crippen LogP contribution in [0.25, 0.3) is 17.2 Å². The molecule has 0 aliphatic carbocycles. The van der Waals surface area contributed by atoms with Crippen LogP contribution < -0.4 is 20.9 Å². The minimum absolute atomic E-state index is 0.211. The zero-order chi connectivity index (χ0) is 22.5. The van der Waals surface area contributed by atoms with E-state index in [1.165, 1.54) is 10.7 Å². The van der Waals surface area contributed by atoms with E-state index in [9.17, 15) is 9.59 Å². The molecule has 2 aromatic heterocycles. The molecule has 0 atom stereocenters. The van der Waals surface area contributed by atoms with Gasteiger partial charge >= 0.3 is 6.03 Å². The molecule has 2 amide bonds. The number of carbonyl (C=O) groups is 1. The quantitative estimate of drug-likeness (QED) is 0.434. The van der Waals surface area contributed by atoms with Crippen LogP contribution in [0.1, 0.15) is 11.3 Å². The van der Waals surface area contributed by atoms with Crippen molar-refractivity contribution in [3.63, 3.8) is 0 Å². The van der Waals surface area contributed by atoms with Gasteiger partial charge in [0.15, 0.2) is 0 Å². The molecule has 9 nitrogen and oxygen atoms in total. The highest BCUT2D eigenvalue weighted by atomic mass is 16.5. The van der Waals surface area contributed by atoms with Crippen LogP contribution in [0.5, 0.6) is 5.75 Å². The van der Waals surface area contributed by atoms with Gasteiger partial charge < -0.3 is 10.1 Å². The molecule has 0 radical (unpaired) electrons. The van der Waals surface area contributed by atoms with Gasteiger partial charge in [-0.15, -0.1) is 0 Å². The van der Waals surface area contributed by atoms with Crippen molar-refractivity contribution in [1.82, 2.24) is 25.1 Å². The summed E-state index contributed by atoms with van der Waals surface area (Å²) < 4.78 is 6.55. The fourth-order valence-corrected chi connectivity index (χ4v) is 3.13. The summed E-state index contributed by atoms with van der Waals surface area (Å²) >= 11 is 0. The van der Waals surface area contributed by atoms with Crippen LogP contribution in [-0.2, 0) is 6.54 Å². The number of urea groups is 1. The Morgan fingerprint density at radius 1 is 1.09 bits per heavy atom. The molecule has 0 saturated carbocycles. The first kappa shape index (κ1) is 20.9. The summed E-state index contributed by atoms with van der Waals surface area (Å²) in [5, 5.41) is 10.2. The first-order valence-corrected chi connectivity index (χ1v) is 9.93. The number of H-pyrrole nitrogens is 1. The number of nitrogens with zero attached hydrogens (tertiary/aromatic N) is 3. The number of benzene rings is 2. The van der Waals surface area contributed by atoms with Gasteiger partial charge in [-0.05, 0) is 24.6 Å². The maximum Gasteiger partial charge on any atom is 0.320 e. The molecule has 0 unspecified atom stereocenters. The molecule has 0 bridgehead atoms. The van der Waals surface area contributed by atoms with Crippen molar-refractivity contribution in [3.05, 3.63) is 88.3 Å². The fourth-order valence-electron chi connectivity index (χ4n) is 3.13. The Hall–Kier alpha value is -4.40. The van der Waals surface area contributed by atoms with Crippen molar-refractivity contribution in [1.29, 1.82) is 0 Å². The molecule has 4 rings (SSSR count). The van der Waals surface area contributed by atoms with Gasteiger partial charge in [0.25, 0.3) is 5.56 Å². The number of amides is 2. The molecule has 2 heterocycles. The van der Waals surface area contributed by atoms with E-state index >= 15 is 0 Å². The summed E-state index contributed by atoms with van der Waals surface area (Å²) in [6.45, 7) is 2.05. The summed E-state index contributed by atoms with van der Waals surface area (Å²) in [4.78, 5) is 31.6. The Morgan fingerprint density at radius 2 is 1.84 bits per heavy atom. The van der Waals surface area contributed by atoms with Gasteiger partial charge in [-0.2, -0.15) is 9.78 Å². The average molecular weight is 430 g/mol. The maximum absolute atomic E-state index is 12.6. The Kier molecular flexibility index (Phi) is 5.98. The van der Waals surface area contributed by atoms with Crippen LogP contribution in [0.4, 0.5) is 10.6 Å². The molecule has 3 N–H and O–H groups in total. The summed E-state index contributed by atoms with van der Waals surface area (Å²) in [6, 6.07) is 19.6. The van der Waals surface area contributed by atoms with Crippen molar-refractivity contribution in [2.45, 2.75) is 13.5 Å². The number of hydrogen-bond donors (Lipinski definition) is 3. The fraction of sp³-hybridized carbons (Fsp3) is 0.130. The second-order valence-corrected chi connectivity index (χ2v) is 7.06. The van der Waals surface area contributed by atoms with Crippen molar-refractivity contribution >= 4 is 11.8 Å². The Labute approximate surface area is 184 Å². The second kappa shape index (κ2) is 9.17. The van der Waals surface area contributed by atoms with E-state index in [4.69, 9.17) is 4.74 Å². The van der Waals surface area contributed by atoms with Gasteiger partial charge in [0, 0.05) is 29.9 Å². The standard InChI is InChI=1S/C23H22N6O3/c1-15-12-21(30)27-22(25-15)29-20(13-19(28-29)17-6-4-3-5-7-17)26-23(31)24-14-16-8-10-18(32-2)11-9-16/h3-13H,14H2,1-2H3,(H2,24,26,31)(H,25,27,30). The van der Waals surface area contributed by atoms with E-state index in [2.05, 4.69) is 25.7 Å². The third-order valence-corrected chi connectivity index (χ3v) is 4.69. The molecular formula is C23H22N6O3. The van der Waals surface area contributed by atoms with Crippen LogP contribution in [0.2, 0.25) is 0 Å². The number of aromatic nitrogens is 4. The summed E-state index contributed by atoms with van der Waals surface area (Å²) in [5.41, 5.74) is 2.64. The Balaban J connectivity index is 1.59. The average Bonchev–Trinajstić information content (AvgIpc) is 3.22. The number of ether oxygens (including phenoxy) is 1. The number of nitrogens with one attached hydrogen (secondary N) is 3. The number of methoxy groups -OCH3 is 1. The lowest BCUT2D eigenvalue weighted by atomic mass is 10.2. The summed E-state index contributed by atoms with van der Waals surface area (Å²) in [6.07, 6.45) is 0. The van der Waals surface area contributed by atoms with Gasteiger partial charge in [-0.25, -0.2) is 9.78 Å². The van der Waals surface area contributed by atoms with E-state index in [0.29, 0.717) is 23.8 Å². The van der Waals surface area contributed by atoms with Gasteiger partial charge in [-0.1, -0.05) is 42.5 Å². The van der Waals surface area contributed by atoms with Crippen LogP contribution >= 0.6 is 0 Å². The molecule has 162 valence electrons. The number of aryl methyl sites for hydroxylation is 1. The van der Waals surface area contributed by atoms with Gasteiger partial charge in [0.05, 0.1) is 12.8 Å². The molecule has 2 aromatic carbocycles. The molecule has 0 spiro atoms. The van der Waals surface area contributed by atoms with Crippen molar-refractivity contribution in [3.8, 4) is 23.0 Å². The molecule has 0 fully saturated rings. The van der Waals surface area contributed by atoms with Crippen LogP contribution in [0.3, 0.4) is 0 Å². The number of aromatic amines is 1. The van der Waals surface area contributed by atoms with Crippen LogP contribution in [-0.4, -0.2) is 32.9 Å². The number of hydrogen-bond acceptors (Lipinski definition) is 5. The zero-order valence-electron chi connectivity index (χ0n) is 17.6. The molecule has 0 aliphatic heterocycles. The number of carbonyl (C=O) groups excluding carboxylic acids is 1. The van der Waals surface area contributed by atoms with Crippen molar-refractivity contribution in [2.75, 3.05) is 12.4 Å². The lowest BCUT2D eigenvalue weighted by Crippen LogP contribution is -2.29. The summed E-state index contributed by atoms with van der Waals surface area (Å²) in [5.74, 6) is 1.32. The monoisotopic (exact) mass is 430 g/mol. The van der Waals surface area contributed by atoms with E-state index < -0.39 is 6.03 Å². The van der Waals surface area contributed by atoms with Crippen molar-refractivity contribution in [2.24, 2.45) is 0 Å². The highest BCUT2D eigenvalue weighted by Gasteiger charge is 2.15.